The van der Waals surface area contributed by atoms with E-state index in [-0.39, 0.29) is 16.8 Å². The molecule has 0 aliphatic carbocycles. The van der Waals surface area contributed by atoms with Gasteiger partial charge in [0.05, 0.1) is 4.90 Å². The van der Waals surface area contributed by atoms with Crippen LogP contribution in [0.3, 0.4) is 0 Å². The van der Waals surface area contributed by atoms with Crippen LogP contribution in [0.25, 0.3) is 0 Å². The van der Waals surface area contributed by atoms with Crippen molar-refractivity contribution in [2.45, 2.75) is 43.2 Å². The lowest BCUT2D eigenvalue weighted by atomic mass is 10.1. The molecule has 2 aromatic carbocycles. The Labute approximate surface area is 164 Å². The first-order valence-electron chi connectivity index (χ1n) is 9.08. The summed E-state index contributed by atoms with van der Waals surface area (Å²) in [6, 6.07) is 13.3. The molecule has 0 aromatic heterocycles. The summed E-state index contributed by atoms with van der Waals surface area (Å²) in [6.45, 7) is 2.36. The topological polar surface area (TPSA) is 57.7 Å². The van der Waals surface area contributed by atoms with E-state index >= 15 is 0 Å². The number of sulfonamides is 1. The van der Waals surface area contributed by atoms with Gasteiger partial charge < -0.3 is 4.90 Å². The zero-order valence-corrected chi connectivity index (χ0v) is 16.6. The highest BCUT2D eigenvalue weighted by Gasteiger charge is 2.43. The molecule has 0 saturated carbocycles. The first-order chi connectivity index (χ1) is 12.9. The number of hydrogen-bond acceptors (Lipinski definition) is 3. The van der Waals surface area contributed by atoms with E-state index in [1.807, 2.05) is 31.2 Å². The molecule has 5 nitrogen and oxygen atoms in total. The molecule has 0 spiro atoms. The van der Waals surface area contributed by atoms with Crippen LogP contribution in [0.4, 0.5) is 5.69 Å². The van der Waals surface area contributed by atoms with Crippen molar-refractivity contribution in [1.29, 1.82) is 0 Å². The standard InChI is InChI=1S/C20H21ClN2O3S/c1-14-13-15-5-2-3-6-18(15)23(14)20(24)19-7-4-12-22(19)27(25,26)17-10-8-16(21)9-11-17/h2-3,5-6,8-11,14,19H,4,7,12-13H2,1H3/t14?,19-/m0/s1. The lowest BCUT2D eigenvalue weighted by molar-refractivity contribution is -0.121. The van der Waals surface area contributed by atoms with Gasteiger partial charge in [-0.1, -0.05) is 29.8 Å². The Hall–Kier alpha value is -1.89. The number of hydrogen-bond donors (Lipinski definition) is 0. The van der Waals surface area contributed by atoms with Gasteiger partial charge in [0, 0.05) is 23.3 Å². The van der Waals surface area contributed by atoms with Gasteiger partial charge in [0.2, 0.25) is 15.9 Å². The van der Waals surface area contributed by atoms with Crippen molar-refractivity contribution < 1.29 is 13.2 Å². The fourth-order valence-electron chi connectivity index (χ4n) is 4.08. The summed E-state index contributed by atoms with van der Waals surface area (Å²) >= 11 is 5.88. The maximum atomic E-state index is 13.4. The van der Waals surface area contributed by atoms with Crippen LogP contribution in [0, 0.1) is 0 Å². The van der Waals surface area contributed by atoms with Crippen LogP contribution in [0.1, 0.15) is 25.3 Å². The number of para-hydroxylation sites is 1. The number of carbonyl (C=O) groups is 1. The molecule has 1 unspecified atom stereocenters. The summed E-state index contributed by atoms with van der Waals surface area (Å²) in [4.78, 5) is 15.3. The molecular formula is C20H21ClN2O3S. The second-order valence-corrected chi connectivity index (χ2v) is 9.44. The van der Waals surface area contributed by atoms with Crippen molar-refractivity contribution in [3.63, 3.8) is 0 Å². The average molecular weight is 405 g/mol. The van der Waals surface area contributed by atoms with Gasteiger partial charge in [0.15, 0.2) is 0 Å². The van der Waals surface area contributed by atoms with Crippen LogP contribution < -0.4 is 4.90 Å². The number of amides is 1. The van der Waals surface area contributed by atoms with Gasteiger partial charge >= 0.3 is 0 Å². The first-order valence-corrected chi connectivity index (χ1v) is 10.9. The highest BCUT2D eigenvalue weighted by atomic mass is 35.5. The fourth-order valence-corrected chi connectivity index (χ4v) is 5.86. The Balaban J connectivity index is 1.65. The second kappa shape index (κ2) is 6.93. The Morgan fingerprint density at radius 1 is 1.11 bits per heavy atom. The normalized spacial score (nSPS) is 22.8. The molecule has 2 aliphatic heterocycles. The van der Waals surface area contributed by atoms with Crippen LogP contribution in [-0.4, -0.2) is 37.3 Å². The molecule has 1 saturated heterocycles. The fraction of sp³-hybridized carbons (Fsp3) is 0.350. The zero-order chi connectivity index (χ0) is 19.2. The first kappa shape index (κ1) is 18.5. The van der Waals surface area contributed by atoms with E-state index in [1.165, 1.54) is 16.4 Å². The van der Waals surface area contributed by atoms with E-state index < -0.39 is 16.1 Å². The molecule has 2 aliphatic rings. The lowest BCUT2D eigenvalue weighted by Gasteiger charge is -2.30. The van der Waals surface area contributed by atoms with E-state index in [9.17, 15) is 13.2 Å². The minimum atomic E-state index is -3.75. The Morgan fingerprint density at radius 2 is 1.81 bits per heavy atom. The summed E-state index contributed by atoms with van der Waals surface area (Å²) in [5.74, 6) is -0.137. The van der Waals surface area contributed by atoms with Crippen molar-refractivity contribution in [3.05, 3.63) is 59.1 Å². The number of anilines is 1. The molecule has 0 bridgehead atoms. The molecule has 142 valence electrons. The highest BCUT2D eigenvalue weighted by molar-refractivity contribution is 7.89. The molecule has 7 heteroatoms. The third kappa shape index (κ3) is 3.16. The van der Waals surface area contributed by atoms with Crippen molar-refractivity contribution >= 4 is 33.2 Å². The summed E-state index contributed by atoms with van der Waals surface area (Å²) < 4.78 is 27.6. The van der Waals surface area contributed by atoms with Crippen LogP contribution in [-0.2, 0) is 21.2 Å². The zero-order valence-electron chi connectivity index (χ0n) is 15.0. The van der Waals surface area contributed by atoms with E-state index in [0.29, 0.717) is 24.4 Å². The molecule has 2 heterocycles. The van der Waals surface area contributed by atoms with Crippen LogP contribution in [0.2, 0.25) is 5.02 Å². The molecular weight excluding hydrogens is 384 g/mol. The molecule has 1 fully saturated rings. The Morgan fingerprint density at radius 3 is 2.56 bits per heavy atom. The molecule has 0 radical (unpaired) electrons. The van der Waals surface area contributed by atoms with Crippen molar-refractivity contribution in [2.75, 3.05) is 11.4 Å². The van der Waals surface area contributed by atoms with Gasteiger partial charge in [-0.05, 0) is 62.1 Å². The predicted molar refractivity (Wildman–Crippen MR) is 105 cm³/mol. The highest BCUT2D eigenvalue weighted by Crippen LogP contribution is 2.35. The van der Waals surface area contributed by atoms with E-state index in [0.717, 1.165) is 17.7 Å². The summed E-state index contributed by atoms with van der Waals surface area (Å²) in [5.41, 5.74) is 2.02. The maximum absolute atomic E-state index is 13.4. The minimum Gasteiger partial charge on any atom is -0.308 e. The monoisotopic (exact) mass is 404 g/mol. The van der Waals surface area contributed by atoms with Gasteiger partial charge in [-0.3, -0.25) is 4.79 Å². The molecule has 27 heavy (non-hydrogen) atoms. The van der Waals surface area contributed by atoms with Gasteiger partial charge in [-0.15, -0.1) is 0 Å². The van der Waals surface area contributed by atoms with Gasteiger partial charge in [-0.2, -0.15) is 4.31 Å². The SMILES string of the molecule is CC1Cc2ccccc2N1C(=O)[C@@H]1CCCN1S(=O)(=O)c1ccc(Cl)cc1. The largest absolute Gasteiger partial charge is 0.308 e. The minimum absolute atomic E-state index is 0.0237. The molecule has 4 rings (SSSR count). The van der Waals surface area contributed by atoms with Crippen LogP contribution >= 0.6 is 11.6 Å². The number of carbonyl (C=O) groups excluding carboxylic acids is 1. The van der Waals surface area contributed by atoms with Crippen molar-refractivity contribution in [3.8, 4) is 0 Å². The van der Waals surface area contributed by atoms with Crippen molar-refractivity contribution in [1.82, 2.24) is 4.31 Å². The van der Waals surface area contributed by atoms with Crippen LogP contribution in [0.15, 0.2) is 53.4 Å². The molecule has 2 aromatic rings. The van der Waals surface area contributed by atoms with Crippen molar-refractivity contribution in [2.24, 2.45) is 0 Å². The average Bonchev–Trinajstić information content (AvgIpc) is 3.26. The van der Waals surface area contributed by atoms with E-state index in [2.05, 4.69) is 0 Å². The maximum Gasteiger partial charge on any atom is 0.245 e. The summed E-state index contributed by atoms with van der Waals surface area (Å²) in [6.07, 6.45) is 2.00. The quantitative estimate of drug-likeness (QED) is 0.787. The Bertz CT molecular complexity index is 975. The number of halogens is 1. The Kier molecular flexibility index (Phi) is 4.74. The number of benzene rings is 2. The van der Waals surface area contributed by atoms with Gasteiger partial charge in [0.25, 0.3) is 0 Å². The third-order valence-corrected chi connectivity index (χ3v) is 7.53. The number of rotatable bonds is 3. The molecule has 0 N–H and O–H groups in total. The van der Waals surface area contributed by atoms with E-state index in [4.69, 9.17) is 11.6 Å². The van der Waals surface area contributed by atoms with Crippen LogP contribution in [0.5, 0.6) is 0 Å². The number of nitrogens with zero attached hydrogens (tertiary/aromatic N) is 2. The molecule has 2 atom stereocenters. The summed E-state index contributed by atoms with van der Waals surface area (Å²) in [7, 11) is -3.75. The smallest absolute Gasteiger partial charge is 0.245 e. The molecule has 1 amide bonds. The predicted octanol–water partition coefficient (Wildman–Crippen LogP) is 3.47. The summed E-state index contributed by atoms with van der Waals surface area (Å²) in [5, 5.41) is 0.477. The van der Waals surface area contributed by atoms with Gasteiger partial charge in [0.1, 0.15) is 6.04 Å². The lowest BCUT2D eigenvalue weighted by Crippen LogP contribution is -2.49. The second-order valence-electron chi connectivity index (χ2n) is 7.12. The van der Waals surface area contributed by atoms with E-state index in [1.54, 1.807) is 17.0 Å². The number of fused-ring (bicyclic) bond motifs is 1. The van der Waals surface area contributed by atoms with Gasteiger partial charge in [-0.25, -0.2) is 8.42 Å². The third-order valence-electron chi connectivity index (χ3n) is 5.35.